The largest absolute Gasteiger partial charge is 0.459 e. The summed E-state index contributed by atoms with van der Waals surface area (Å²) in [5, 5.41) is 6.15. The van der Waals surface area contributed by atoms with Crippen LogP contribution >= 0.6 is 0 Å². The highest BCUT2D eigenvalue weighted by Crippen LogP contribution is 2.25. The molecule has 4 nitrogen and oxygen atoms in total. The van der Waals surface area contributed by atoms with Crippen LogP contribution in [0.4, 0.5) is 17.1 Å². The third kappa shape index (κ3) is 3.17. The molecule has 0 saturated carbocycles. The number of rotatable bonds is 4. The lowest BCUT2D eigenvalue weighted by molar-refractivity contribution is 0.0996. The fourth-order valence-electron chi connectivity index (χ4n) is 2.09. The maximum atomic E-state index is 12.1. The Morgan fingerprint density at radius 2 is 1.64 bits per heavy atom. The zero-order chi connectivity index (χ0) is 15.4. The molecule has 22 heavy (non-hydrogen) atoms. The summed E-state index contributed by atoms with van der Waals surface area (Å²) in [4.78, 5) is 12.1. The second-order valence-corrected chi connectivity index (χ2v) is 4.97. The Morgan fingerprint density at radius 1 is 0.909 bits per heavy atom. The molecular weight excluding hydrogens is 276 g/mol. The smallest absolute Gasteiger partial charge is 0.291 e. The van der Waals surface area contributed by atoms with Gasteiger partial charge in [0.2, 0.25) is 0 Å². The predicted octanol–water partition coefficient (Wildman–Crippen LogP) is 4.58. The fourth-order valence-corrected chi connectivity index (χ4v) is 2.09. The van der Waals surface area contributed by atoms with Crippen LogP contribution in [0.5, 0.6) is 0 Å². The third-order valence-electron chi connectivity index (χ3n) is 3.25. The molecule has 1 heterocycles. The van der Waals surface area contributed by atoms with E-state index in [4.69, 9.17) is 4.42 Å². The molecule has 0 atom stereocenters. The van der Waals surface area contributed by atoms with Gasteiger partial charge in [-0.05, 0) is 43.3 Å². The van der Waals surface area contributed by atoms with Crippen molar-refractivity contribution < 1.29 is 9.21 Å². The van der Waals surface area contributed by atoms with Gasteiger partial charge >= 0.3 is 0 Å². The Labute approximate surface area is 128 Å². The molecule has 1 amide bonds. The first kappa shape index (κ1) is 13.9. The average molecular weight is 292 g/mol. The summed E-state index contributed by atoms with van der Waals surface area (Å²) >= 11 is 0. The molecule has 0 spiro atoms. The molecule has 0 bridgehead atoms. The normalized spacial score (nSPS) is 10.2. The molecule has 1 aromatic heterocycles. The monoisotopic (exact) mass is 292 g/mol. The van der Waals surface area contributed by atoms with Gasteiger partial charge < -0.3 is 15.1 Å². The van der Waals surface area contributed by atoms with Crippen LogP contribution in [0.3, 0.4) is 0 Å². The first-order valence-corrected chi connectivity index (χ1v) is 7.00. The van der Waals surface area contributed by atoms with Crippen LogP contribution in [-0.2, 0) is 0 Å². The van der Waals surface area contributed by atoms with Gasteiger partial charge in [0, 0.05) is 5.69 Å². The van der Waals surface area contributed by atoms with Gasteiger partial charge in [0.1, 0.15) is 0 Å². The van der Waals surface area contributed by atoms with Crippen LogP contribution in [-0.4, -0.2) is 5.91 Å². The highest BCUT2D eigenvalue weighted by atomic mass is 16.3. The summed E-state index contributed by atoms with van der Waals surface area (Å²) in [6, 6.07) is 18.9. The molecule has 2 N–H and O–H groups in total. The molecule has 0 unspecified atom stereocenters. The van der Waals surface area contributed by atoms with E-state index >= 15 is 0 Å². The zero-order valence-electron chi connectivity index (χ0n) is 12.2. The van der Waals surface area contributed by atoms with Crippen LogP contribution in [0.15, 0.2) is 71.3 Å². The van der Waals surface area contributed by atoms with Gasteiger partial charge in [-0.2, -0.15) is 0 Å². The summed E-state index contributed by atoms with van der Waals surface area (Å²) in [7, 11) is 0. The molecule has 110 valence electrons. The standard InChI is InChI=1S/C18H16N2O2/c1-13-8-10-14(11-9-13)19-15-5-2-3-6-16(15)20-18(21)17-7-4-12-22-17/h2-12,19H,1H3,(H,20,21). The number of carbonyl (C=O) groups excluding carboxylic acids is 1. The molecule has 0 aliphatic carbocycles. The second-order valence-electron chi connectivity index (χ2n) is 4.97. The van der Waals surface area contributed by atoms with E-state index < -0.39 is 0 Å². The quantitative estimate of drug-likeness (QED) is 0.739. The van der Waals surface area contributed by atoms with E-state index in [0.29, 0.717) is 5.69 Å². The number of hydrogen-bond donors (Lipinski definition) is 2. The number of benzene rings is 2. The van der Waals surface area contributed by atoms with Crippen molar-refractivity contribution in [3.63, 3.8) is 0 Å². The average Bonchev–Trinajstić information content (AvgIpc) is 3.06. The molecule has 0 fully saturated rings. The molecule has 3 rings (SSSR count). The molecule has 0 radical (unpaired) electrons. The van der Waals surface area contributed by atoms with E-state index in [0.717, 1.165) is 11.4 Å². The van der Waals surface area contributed by atoms with Gasteiger partial charge in [0.25, 0.3) is 5.91 Å². The van der Waals surface area contributed by atoms with Gasteiger partial charge in [-0.25, -0.2) is 0 Å². The molecule has 0 aliphatic heterocycles. The molecule has 3 aromatic rings. The summed E-state index contributed by atoms with van der Waals surface area (Å²) in [6.07, 6.45) is 1.48. The van der Waals surface area contributed by atoms with E-state index in [1.54, 1.807) is 12.1 Å². The van der Waals surface area contributed by atoms with E-state index in [9.17, 15) is 4.79 Å². The van der Waals surface area contributed by atoms with Crippen molar-refractivity contribution in [1.29, 1.82) is 0 Å². The Hall–Kier alpha value is -3.01. The maximum absolute atomic E-state index is 12.1. The van der Waals surface area contributed by atoms with E-state index in [2.05, 4.69) is 10.6 Å². The van der Waals surface area contributed by atoms with Crippen molar-refractivity contribution in [2.24, 2.45) is 0 Å². The van der Waals surface area contributed by atoms with Crippen molar-refractivity contribution in [1.82, 2.24) is 0 Å². The number of anilines is 3. The van der Waals surface area contributed by atoms with Crippen molar-refractivity contribution in [2.45, 2.75) is 6.92 Å². The van der Waals surface area contributed by atoms with E-state index in [1.807, 2.05) is 55.5 Å². The van der Waals surface area contributed by atoms with Crippen LogP contribution in [0.1, 0.15) is 16.1 Å². The Bertz CT molecular complexity index is 762. The number of hydrogen-bond acceptors (Lipinski definition) is 3. The Morgan fingerprint density at radius 3 is 2.32 bits per heavy atom. The Kier molecular flexibility index (Phi) is 3.92. The summed E-state index contributed by atoms with van der Waals surface area (Å²) in [5.41, 5.74) is 3.69. The lowest BCUT2D eigenvalue weighted by Crippen LogP contribution is -2.12. The van der Waals surface area contributed by atoms with E-state index in [1.165, 1.54) is 11.8 Å². The van der Waals surface area contributed by atoms with Gasteiger partial charge in [0.15, 0.2) is 5.76 Å². The van der Waals surface area contributed by atoms with Gasteiger partial charge in [-0.1, -0.05) is 29.8 Å². The minimum Gasteiger partial charge on any atom is -0.459 e. The first-order valence-electron chi connectivity index (χ1n) is 7.00. The minimum absolute atomic E-state index is 0.275. The highest BCUT2D eigenvalue weighted by Gasteiger charge is 2.11. The van der Waals surface area contributed by atoms with Crippen LogP contribution in [0.25, 0.3) is 0 Å². The third-order valence-corrected chi connectivity index (χ3v) is 3.25. The number of furan rings is 1. The summed E-state index contributed by atoms with van der Waals surface area (Å²) in [5.74, 6) is 0.00768. The highest BCUT2D eigenvalue weighted by molar-refractivity contribution is 6.04. The SMILES string of the molecule is Cc1ccc(Nc2ccccc2NC(=O)c2ccco2)cc1. The van der Waals surface area contributed by atoms with E-state index in [-0.39, 0.29) is 11.7 Å². The zero-order valence-corrected chi connectivity index (χ0v) is 12.2. The number of para-hydroxylation sites is 2. The molecular formula is C18H16N2O2. The maximum Gasteiger partial charge on any atom is 0.291 e. The van der Waals surface area contributed by atoms with Crippen molar-refractivity contribution >= 4 is 23.0 Å². The number of nitrogens with one attached hydrogen (secondary N) is 2. The molecule has 4 heteroatoms. The molecule has 0 saturated heterocycles. The van der Waals surface area contributed by atoms with Gasteiger partial charge in [-0.3, -0.25) is 4.79 Å². The van der Waals surface area contributed by atoms with Crippen LogP contribution in [0.2, 0.25) is 0 Å². The van der Waals surface area contributed by atoms with Gasteiger partial charge in [0.05, 0.1) is 17.6 Å². The fraction of sp³-hybridized carbons (Fsp3) is 0.0556. The number of aryl methyl sites for hydroxylation is 1. The van der Waals surface area contributed by atoms with Crippen LogP contribution in [0, 0.1) is 6.92 Å². The number of carbonyl (C=O) groups is 1. The molecule has 0 aliphatic rings. The number of amides is 1. The van der Waals surface area contributed by atoms with Crippen molar-refractivity contribution in [2.75, 3.05) is 10.6 Å². The minimum atomic E-state index is -0.275. The summed E-state index contributed by atoms with van der Waals surface area (Å²) in [6.45, 7) is 2.04. The summed E-state index contributed by atoms with van der Waals surface area (Å²) < 4.78 is 5.11. The molecule has 2 aromatic carbocycles. The van der Waals surface area contributed by atoms with Gasteiger partial charge in [-0.15, -0.1) is 0 Å². The first-order chi connectivity index (χ1) is 10.7. The second kappa shape index (κ2) is 6.18. The topological polar surface area (TPSA) is 54.3 Å². The van der Waals surface area contributed by atoms with Crippen molar-refractivity contribution in [3.8, 4) is 0 Å². The predicted molar refractivity (Wildman–Crippen MR) is 87.6 cm³/mol. The lowest BCUT2D eigenvalue weighted by atomic mass is 10.2. The Balaban J connectivity index is 1.80. The van der Waals surface area contributed by atoms with Crippen molar-refractivity contribution in [3.05, 3.63) is 78.3 Å². The lowest BCUT2D eigenvalue weighted by Gasteiger charge is -2.12. The van der Waals surface area contributed by atoms with Crippen LogP contribution < -0.4 is 10.6 Å².